The van der Waals surface area contributed by atoms with Gasteiger partial charge in [-0.2, -0.15) is 0 Å². The van der Waals surface area contributed by atoms with Crippen LogP contribution in [-0.2, 0) is 0 Å². The second kappa shape index (κ2) is 5.78. The van der Waals surface area contributed by atoms with Gasteiger partial charge in [0.1, 0.15) is 17.1 Å². The molecule has 3 aromatic rings. The molecule has 2 aromatic carbocycles. The molecule has 0 amide bonds. The number of aromatic nitrogens is 1. The van der Waals surface area contributed by atoms with Gasteiger partial charge in [0.25, 0.3) is 5.56 Å². The number of ketones is 1. The highest BCUT2D eigenvalue weighted by molar-refractivity contribution is 6.30. The summed E-state index contributed by atoms with van der Waals surface area (Å²) >= 11 is 5.83. The van der Waals surface area contributed by atoms with Crippen LogP contribution in [0.5, 0.6) is 17.2 Å². The molecule has 0 saturated carbocycles. The van der Waals surface area contributed by atoms with Crippen molar-refractivity contribution in [2.75, 3.05) is 0 Å². The number of ether oxygens (including phenoxy) is 1. The van der Waals surface area contributed by atoms with Crippen LogP contribution in [0.25, 0.3) is 10.9 Å². The third-order valence-corrected chi connectivity index (χ3v) is 3.63. The molecule has 6 heteroatoms. The Kier molecular flexibility index (Phi) is 3.80. The van der Waals surface area contributed by atoms with Crippen molar-refractivity contribution in [2.45, 2.75) is 6.92 Å². The number of aromatic amines is 1. The Hall–Kier alpha value is -2.79. The van der Waals surface area contributed by atoms with Gasteiger partial charge in [-0.3, -0.25) is 9.59 Å². The lowest BCUT2D eigenvalue weighted by Crippen LogP contribution is -2.16. The number of pyridine rings is 1. The summed E-state index contributed by atoms with van der Waals surface area (Å²) in [4.78, 5) is 26.1. The standard InChI is InChI=1S/C17H12ClNO4/c1-9(20)14-16(21)12-3-2-4-13(15(12)19-17(14)22)23-11-7-5-10(18)6-8-11/h2-8H,1H3,(H2,19,21,22). The van der Waals surface area contributed by atoms with Crippen LogP contribution in [0.1, 0.15) is 17.3 Å². The molecule has 0 fully saturated rings. The Balaban J connectivity index is 2.17. The molecule has 116 valence electrons. The van der Waals surface area contributed by atoms with Crippen molar-refractivity contribution >= 4 is 28.3 Å². The van der Waals surface area contributed by atoms with E-state index in [2.05, 4.69) is 4.98 Å². The molecule has 0 bridgehead atoms. The van der Waals surface area contributed by atoms with Crippen LogP contribution in [0, 0.1) is 0 Å². The summed E-state index contributed by atoms with van der Waals surface area (Å²) in [6, 6.07) is 11.6. The van der Waals surface area contributed by atoms with E-state index < -0.39 is 11.3 Å². The van der Waals surface area contributed by atoms with Gasteiger partial charge in [0.15, 0.2) is 11.5 Å². The van der Waals surface area contributed by atoms with E-state index in [0.717, 1.165) is 0 Å². The predicted octanol–water partition coefficient (Wildman–Crippen LogP) is 3.88. The summed E-state index contributed by atoms with van der Waals surface area (Å²) in [5.74, 6) is 0.0256. The van der Waals surface area contributed by atoms with Gasteiger partial charge in [0.2, 0.25) is 0 Å². The van der Waals surface area contributed by atoms with Crippen LogP contribution in [-0.4, -0.2) is 15.9 Å². The van der Waals surface area contributed by atoms with Crippen LogP contribution in [0.4, 0.5) is 0 Å². The second-order valence-corrected chi connectivity index (χ2v) is 5.41. The van der Waals surface area contributed by atoms with Crippen LogP contribution in [0.15, 0.2) is 47.3 Å². The quantitative estimate of drug-likeness (QED) is 0.715. The van der Waals surface area contributed by atoms with Gasteiger partial charge in [-0.15, -0.1) is 0 Å². The Morgan fingerprint density at radius 3 is 2.52 bits per heavy atom. The van der Waals surface area contributed by atoms with Gasteiger partial charge in [0.05, 0.1) is 5.52 Å². The third kappa shape index (κ3) is 2.78. The fraction of sp³-hybridized carbons (Fsp3) is 0.0588. The molecule has 0 aliphatic carbocycles. The van der Waals surface area contributed by atoms with E-state index in [4.69, 9.17) is 16.3 Å². The van der Waals surface area contributed by atoms with E-state index >= 15 is 0 Å². The molecule has 0 saturated heterocycles. The van der Waals surface area contributed by atoms with Crippen molar-refractivity contribution in [3.8, 4) is 17.2 Å². The Bertz CT molecular complexity index is 961. The number of Topliss-reactive ketones (excluding diaryl/α,β-unsaturated/α-hetero) is 1. The molecule has 3 rings (SSSR count). The van der Waals surface area contributed by atoms with Gasteiger partial charge in [-0.25, -0.2) is 0 Å². The van der Waals surface area contributed by atoms with E-state index in [0.29, 0.717) is 27.4 Å². The molecule has 5 nitrogen and oxygen atoms in total. The lowest BCUT2D eigenvalue weighted by molar-refractivity contribution is 0.101. The molecule has 0 aliphatic heterocycles. The highest BCUT2D eigenvalue weighted by atomic mass is 35.5. The zero-order chi connectivity index (χ0) is 16.6. The minimum absolute atomic E-state index is 0.263. The number of carbonyl (C=O) groups excluding carboxylic acids is 1. The van der Waals surface area contributed by atoms with Gasteiger partial charge in [0, 0.05) is 10.4 Å². The van der Waals surface area contributed by atoms with Crippen molar-refractivity contribution in [3.05, 3.63) is 63.4 Å². The number of para-hydroxylation sites is 1. The fourth-order valence-electron chi connectivity index (χ4n) is 2.32. The Morgan fingerprint density at radius 1 is 1.17 bits per heavy atom. The van der Waals surface area contributed by atoms with E-state index in [-0.39, 0.29) is 11.3 Å². The zero-order valence-corrected chi connectivity index (χ0v) is 12.8. The van der Waals surface area contributed by atoms with Gasteiger partial charge in [-0.1, -0.05) is 17.7 Å². The first-order valence-corrected chi connectivity index (χ1v) is 7.17. The number of aromatic hydroxyl groups is 1. The number of rotatable bonds is 3. The summed E-state index contributed by atoms with van der Waals surface area (Å²) in [7, 11) is 0. The van der Waals surface area contributed by atoms with Gasteiger partial charge < -0.3 is 14.8 Å². The van der Waals surface area contributed by atoms with Crippen molar-refractivity contribution in [3.63, 3.8) is 0 Å². The van der Waals surface area contributed by atoms with Crippen molar-refractivity contribution in [1.29, 1.82) is 0 Å². The summed E-state index contributed by atoms with van der Waals surface area (Å²) in [5, 5.41) is 11.1. The number of carbonyl (C=O) groups is 1. The molecule has 0 aliphatic rings. The van der Waals surface area contributed by atoms with Gasteiger partial charge >= 0.3 is 0 Å². The van der Waals surface area contributed by atoms with Crippen LogP contribution in [0.3, 0.4) is 0 Å². The van der Waals surface area contributed by atoms with E-state index in [1.54, 1.807) is 42.5 Å². The molecule has 23 heavy (non-hydrogen) atoms. The maximum absolute atomic E-state index is 12.0. The van der Waals surface area contributed by atoms with Crippen LogP contribution >= 0.6 is 11.6 Å². The summed E-state index contributed by atoms with van der Waals surface area (Å²) in [6.45, 7) is 1.23. The molecule has 1 heterocycles. The van der Waals surface area contributed by atoms with Crippen LogP contribution < -0.4 is 10.3 Å². The molecule has 1 aromatic heterocycles. The highest BCUT2D eigenvalue weighted by Gasteiger charge is 2.17. The minimum Gasteiger partial charge on any atom is -0.506 e. The molecule has 0 atom stereocenters. The first-order valence-electron chi connectivity index (χ1n) is 6.79. The molecule has 0 radical (unpaired) electrons. The predicted molar refractivity (Wildman–Crippen MR) is 87.8 cm³/mol. The van der Waals surface area contributed by atoms with E-state index in [1.807, 2.05) is 0 Å². The van der Waals surface area contributed by atoms with Crippen molar-refractivity contribution in [2.24, 2.45) is 0 Å². The summed E-state index contributed by atoms with van der Waals surface area (Å²) in [5.41, 5.74) is -0.606. The molecule has 2 N–H and O–H groups in total. The summed E-state index contributed by atoms with van der Waals surface area (Å²) in [6.07, 6.45) is 0. The smallest absolute Gasteiger partial charge is 0.263 e. The number of benzene rings is 2. The molecule has 0 unspecified atom stereocenters. The maximum atomic E-state index is 12.0. The normalized spacial score (nSPS) is 10.7. The van der Waals surface area contributed by atoms with Crippen molar-refractivity contribution in [1.82, 2.24) is 4.98 Å². The van der Waals surface area contributed by atoms with E-state index in [1.165, 1.54) is 6.92 Å². The number of hydrogen-bond donors (Lipinski definition) is 2. The molecular weight excluding hydrogens is 318 g/mol. The molecule has 0 spiro atoms. The number of fused-ring (bicyclic) bond motifs is 1. The van der Waals surface area contributed by atoms with Gasteiger partial charge in [-0.05, 0) is 43.3 Å². The largest absolute Gasteiger partial charge is 0.506 e. The monoisotopic (exact) mass is 329 g/mol. The zero-order valence-electron chi connectivity index (χ0n) is 12.1. The van der Waals surface area contributed by atoms with Crippen molar-refractivity contribution < 1.29 is 14.6 Å². The number of hydrogen-bond acceptors (Lipinski definition) is 4. The fourth-order valence-corrected chi connectivity index (χ4v) is 2.44. The second-order valence-electron chi connectivity index (χ2n) is 4.97. The Labute approximate surface area is 136 Å². The first kappa shape index (κ1) is 15.1. The number of H-pyrrole nitrogens is 1. The third-order valence-electron chi connectivity index (χ3n) is 3.38. The maximum Gasteiger partial charge on any atom is 0.263 e. The number of nitrogens with one attached hydrogen (secondary N) is 1. The average Bonchev–Trinajstić information content (AvgIpc) is 2.50. The number of halogens is 1. The first-order chi connectivity index (χ1) is 11.0. The lowest BCUT2D eigenvalue weighted by atomic mass is 10.1. The molecular formula is C17H12ClNO4. The SMILES string of the molecule is CC(=O)c1c(O)c2cccc(Oc3ccc(Cl)cc3)c2[nH]c1=O. The Morgan fingerprint density at radius 2 is 1.87 bits per heavy atom. The topological polar surface area (TPSA) is 79.4 Å². The average molecular weight is 330 g/mol. The van der Waals surface area contributed by atoms with E-state index in [9.17, 15) is 14.7 Å². The van der Waals surface area contributed by atoms with Crippen LogP contribution in [0.2, 0.25) is 5.02 Å². The highest BCUT2D eigenvalue weighted by Crippen LogP contribution is 2.33. The lowest BCUT2D eigenvalue weighted by Gasteiger charge is -2.11. The minimum atomic E-state index is -0.658. The summed E-state index contributed by atoms with van der Waals surface area (Å²) < 4.78 is 5.73.